The Morgan fingerprint density at radius 3 is 2.11 bits per heavy atom. The number of benzene rings is 2. The minimum atomic E-state index is -5.07. The zero-order valence-corrected chi connectivity index (χ0v) is 14.6. The molecule has 0 atom stereocenters. The fraction of sp³-hybridized carbons (Fsp3) is 0.263. The van der Waals surface area contributed by atoms with E-state index in [4.69, 9.17) is 10.5 Å². The van der Waals surface area contributed by atoms with E-state index in [1.54, 1.807) is 12.3 Å². The van der Waals surface area contributed by atoms with Crippen LogP contribution >= 0.6 is 0 Å². The number of rotatable bonds is 4. The van der Waals surface area contributed by atoms with Crippen molar-refractivity contribution in [2.45, 2.75) is 32.1 Å². The molecular formula is C19H16F6N2O. The van der Waals surface area contributed by atoms with Crippen molar-refractivity contribution in [3.05, 3.63) is 53.2 Å². The Balaban J connectivity index is 2.15. The molecule has 0 aliphatic carbocycles. The highest BCUT2D eigenvalue weighted by atomic mass is 19.4. The van der Waals surface area contributed by atoms with Gasteiger partial charge in [0.1, 0.15) is 16.9 Å². The first-order valence-corrected chi connectivity index (χ1v) is 8.36. The van der Waals surface area contributed by atoms with Gasteiger partial charge in [0.2, 0.25) is 0 Å². The fourth-order valence-corrected chi connectivity index (χ4v) is 3.00. The van der Waals surface area contributed by atoms with Crippen molar-refractivity contribution >= 4 is 16.6 Å². The second-order valence-electron chi connectivity index (χ2n) is 6.31. The Hall–Kier alpha value is -2.84. The number of alkyl halides is 6. The van der Waals surface area contributed by atoms with Gasteiger partial charge in [-0.2, -0.15) is 26.3 Å². The molecule has 0 aliphatic rings. The summed E-state index contributed by atoms with van der Waals surface area (Å²) in [4.78, 5) is 3.01. The number of nitrogens with two attached hydrogens (primary N) is 1. The summed E-state index contributed by atoms with van der Waals surface area (Å²) >= 11 is 0. The molecule has 2 aromatic carbocycles. The first kappa shape index (κ1) is 19.9. The van der Waals surface area contributed by atoms with Crippen LogP contribution in [-0.2, 0) is 18.8 Å². The van der Waals surface area contributed by atoms with Gasteiger partial charge in [0, 0.05) is 22.8 Å². The molecule has 0 fully saturated rings. The molecule has 3 nitrogen and oxygen atoms in total. The number of halogens is 6. The topological polar surface area (TPSA) is 51.0 Å². The Labute approximate surface area is 156 Å². The molecule has 1 aromatic heterocycles. The van der Waals surface area contributed by atoms with Crippen molar-refractivity contribution in [2.24, 2.45) is 0 Å². The molecule has 0 saturated carbocycles. The van der Waals surface area contributed by atoms with Crippen molar-refractivity contribution in [1.29, 1.82) is 0 Å². The molecule has 0 spiro atoms. The maximum atomic E-state index is 13.4. The highest BCUT2D eigenvalue weighted by Crippen LogP contribution is 2.47. The average Bonchev–Trinajstić information content (AvgIpc) is 2.97. The molecule has 0 bridgehead atoms. The number of hydrogen-bond acceptors (Lipinski definition) is 2. The molecular weight excluding hydrogens is 386 g/mol. The predicted molar refractivity (Wildman–Crippen MR) is 93.2 cm³/mol. The van der Waals surface area contributed by atoms with Crippen molar-refractivity contribution < 1.29 is 31.1 Å². The number of fused-ring (bicyclic) bond motifs is 1. The third kappa shape index (κ3) is 3.88. The number of nitrogens with one attached hydrogen (secondary N) is 1. The largest absolute Gasteiger partial charge is 0.456 e. The van der Waals surface area contributed by atoms with Crippen LogP contribution < -0.4 is 10.5 Å². The SMILES string of the molecule is CCCc1c[nH]c2ccc(Oc3c(C(F)(F)F)cc(N)cc3C(F)(F)F)cc12. The third-order valence-corrected chi connectivity index (χ3v) is 4.20. The van der Waals surface area contributed by atoms with Gasteiger partial charge in [-0.25, -0.2) is 0 Å². The second kappa shape index (κ2) is 6.96. The van der Waals surface area contributed by atoms with E-state index in [0.717, 1.165) is 12.0 Å². The first-order chi connectivity index (χ1) is 13.0. The molecule has 9 heteroatoms. The van der Waals surface area contributed by atoms with Gasteiger partial charge in [-0.3, -0.25) is 0 Å². The lowest BCUT2D eigenvalue weighted by Gasteiger charge is -2.20. The number of hydrogen-bond donors (Lipinski definition) is 2. The van der Waals surface area contributed by atoms with E-state index in [9.17, 15) is 26.3 Å². The van der Waals surface area contributed by atoms with Crippen LogP contribution in [0.1, 0.15) is 30.0 Å². The Morgan fingerprint density at radius 2 is 1.57 bits per heavy atom. The van der Waals surface area contributed by atoms with Gasteiger partial charge in [0.05, 0.1) is 0 Å². The number of nitrogen functional groups attached to an aromatic ring is 1. The van der Waals surface area contributed by atoms with E-state index in [1.165, 1.54) is 12.1 Å². The smallest absolute Gasteiger partial charge is 0.420 e. The zero-order chi connectivity index (χ0) is 20.7. The maximum absolute atomic E-state index is 13.4. The fourth-order valence-electron chi connectivity index (χ4n) is 3.00. The lowest BCUT2D eigenvalue weighted by atomic mass is 10.1. The Kier molecular flexibility index (Phi) is 4.95. The summed E-state index contributed by atoms with van der Waals surface area (Å²) < 4.78 is 85.3. The number of H-pyrrole nitrogens is 1. The van der Waals surface area contributed by atoms with Crippen molar-refractivity contribution in [3.8, 4) is 11.5 Å². The van der Waals surface area contributed by atoms with Crippen LogP contribution in [0.3, 0.4) is 0 Å². The maximum Gasteiger partial charge on any atom is 0.420 e. The number of aromatic nitrogens is 1. The molecule has 0 radical (unpaired) electrons. The van der Waals surface area contributed by atoms with Crippen molar-refractivity contribution in [2.75, 3.05) is 5.73 Å². The summed E-state index contributed by atoms with van der Waals surface area (Å²) in [7, 11) is 0. The number of ether oxygens (including phenoxy) is 1. The molecule has 150 valence electrons. The molecule has 3 N–H and O–H groups in total. The molecule has 28 heavy (non-hydrogen) atoms. The van der Waals surface area contributed by atoms with Crippen LogP contribution in [0, 0.1) is 0 Å². The van der Waals surface area contributed by atoms with Gasteiger partial charge >= 0.3 is 12.4 Å². The number of aromatic amines is 1. The molecule has 0 aliphatic heterocycles. The molecule has 1 heterocycles. The van der Waals surface area contributed by atoms with Gasteiger partial charge < -0.3 is 15.5 Å². The van der Waals surface area contributed by atoms with E-state index < -0.39 is 34.9 Å². The number of anilines is 1. The summed E-state index contributed by atoms with van der Waals surface area (Å²) in [6.45, 7) is 1.96. The van der Waals surface area contributed by atoms with E-state index >= 15 is 0 Å². The standard InChI is InChI=1S/C19H16F6N2O/c1-2-3-10-9-27-16-5-4-12(8-13(10)16)28-17-14(18(20,21)22)6-11(26)7-15(17)19(23,24)25/h4-9,27H,2-3,26H2,1H3. The van der Waals surface area contributed by atoms with Crippen LogP contribution in [-0.4, -0.2) is 4.98 Å². The monoisotopic (exact) mass is 402 g/mol. The van der Waals surface area contributed by atoms with E-state index in [-0.39, 0.29) is 5.75 Å². The minimum Gasteiger partial charge on any atom is -0.456 e. The van der Waals surface area contributed by atoms with Gasteiger partial charge in [-0.1, -0.05) is 13.3 Å². The summed E-state index contributed by atoms with van der Waals surface area (Å²) in [5.41, 5.74) is 3.06. The van der Waals surface area contributed by atoms with E-state index in [0.29, 0.717) is 29.5 Å². The normalized spacial score (nSPS) is 12.5. The highest BCUT2D eigenvalue weighted by Gasteiger charge is 2.42. The van der Waals surface area contributed by atoms with Crippen molar-refractivity contribution in [1.82, 2.24) is 4.98 Å². The van der Waals surface area contributed by atoms with E-state index in [2.05, 4.69) is 4.98 Å². The summed E-state index contributed by atoms with van der Waals surface area (Å²) in [6.07, 6.45) is -6.87. The van der Waals surface area contributed by atoms with Crippen LogP contribution in [0.4, 0.5) is 32.0 Å². The average molecular weight is 402 g/mol. The van der Waals surface area contributed by atoms with Crippen LogP contribution in [0.15, 0.2) is 36.5 Å². The molecule has 0 saturated heterocycles. The van der Waals surface area contributed by atoms with Gasteiger partial charge in [0.15, 0.2) is 5.75 Å². The third-order valence-electron chi connectivity index (χ3n) is 4.20. The van der Waals surface area contributed by atoms with Gasteiger partial charge in [-0.05, 0) is 42.3 Å². The first-order valence-electron chi connectivity index (χ1n) is 8.36. The van der Waals surface area contributed by atoms with Gasteiger partial charge in [0.25, 0.3) is 0 Å². The predicted octanol–water partition coefficient (Wildman–Crippen LogP) is 6.53. The molecule has 0 amide bonds. The molecule has 3 rings (SSSR count). The van der Waals surface area contributed by atoms with E-state index in [1.807, 2.05) is 6.92 Å². The number of aryl methyl sites for hydroxylation is 1. The summed E-state index contributed by atoms with van der Waals surface area (Å²) in [5.74, 6) is -1.45. The molecule has 3 aromatic rings. The zero-order valence-electron chi connectivity index (χ0n) is 14.6. The summed E-state index contributed by atoms with van der Waals surface area (Å²) in [5, 5.41) is 0.678. The Bertz CT molecular complexity index is 969. The van der Waals surface area contributed by atoms with Gasteiger partial charge in [-0.15, -0.1) is 0 Å². The van der Waals surface area contributed by atoms with Crippen molar-refractivity contribution in [3.63, 3.8) is 0 Å². The molecule has 0 unspecified atom stereocenters. The van der Waals surface area contributed by atoms with Crippen LogP contribution in [0.2, 0.25) is 0 Å². The quantitative estimate of drug-likeness (QED) is 0.385. The highest BCUT2D eigenvalue weighted by molar-refractivity contribution is 5.84. The minimum absolute atomic E-state index is 0.134. The Morgan fingerprint density at radius 1 is 0.964 bits per heavy atom. The second-order valence-corrected chi connectivity index (χ2v) is 6.31. The van der Waals surface area contributed by atoms with Crippen LogP contribution in [0.5, 0.6) is 11.5 Å². The summed E-state index contributed by atoms with van der Waals surface area (Å²) in [6, 6.07) is 5.14. The lowest BCUT2D eigenvalue weighted by Crippen LogP contribution is -2.15. The lowest BCUT2D eigenvalue weighted by molar-refractivity contribution is -0.144. The van der Waals surface area contributed by atoms with Crippen LogP contribution in [0.25, 0.3) is 10.9 Å².